The summed E-state index contributed by atoms with van der Waals surface area (Å²) in [5, 5.41) is 5.39. The van der Waals surface area contributed by atoms with Crippen molar-refractivity contribution in [2.45, 2.75) is 0 Å². The zero-order chi connectivity index (χ0) is 10.6. The lowest BCUT2D eigenvalue weighted by atomic mass is 10.3. The summed E-state index contributed by atoms with van der Waals surface area (Å²) in [4.78, 5) is 10.9. The number of amides is 1. The lowest BCUT2D eigenvalue weighted by Gasteiger charge is -2.07. The second kappa shape index (κ2) is 5.14. The van der Waals surface area contributed by atoms with Gasteiger partial charge in [0.05, 0.1) is 6.54 Å². The van der Waals surface area contributed by atoms with Crippen molar-refractivity contribution < 1.29 is 9.18 Å². The Labute approximate surface area is 95.2 Å². The lowest BCUT2D eigenvalue weighted by molar-refractivity contribution is -0.118. The molecule has 1 rings (SSSR count). The molecule has 0 unspecified atom stereocenters. The summed E-state index contributed by atoms with van der Waals surface area (Å²) < 4.78 is 13.5. The van der Waals surface area contributed by atoms with Gasteiger partial charge < -0.3 is 10.6 Å². The molecule has 0 bridgehead atoms. The molecule has 0 heterocycles. The van der Waals surface area contributed by atoms with Crippen molar-refractivity contribution in [2.75, 3.05) is 18.9 Å². The topological polar surface area (TPSA) is 41.1 Å². The van der Waals surface area contributed by atoms with Gasteiger partial charge in [-0.05, 0) is 40.8 Å². The predicted molar refractivity (Wildman–Crippen MR) is 61.7 cm³/mol. The maximum atomic E-state index is 12.7. The van der Waals surface area contributed by atoms with Crippen LogP contribution in [0.15, 0.2) is 18.2 Å². The highest BCUT2D eigenvalue weighted by Crippen LogP contribution is 2.18. The van der Waals surface area contributed by atoms with Crippen molar-refractivity contribution in [3.8, 4) is 0 Å². The van der Waals surface area contributed by atoms with Crippen molar-refractivity contribution in [1.82, 2.24) is 5.32 Å². The molecular formula is C9H10FIN2O. The molecule has 0 saturated heterocycles. The third kappa shape index (κ3) is 3.13. The first-order chi connectivity index (χ1) is 6.63. The molecule has 3 nitrogen and oxygen atoms in total. The number of carbonyl (C=O) groups excluding carboxylic acids is 1. The molecule has 1 amide bonds. The SMILES string of the molecule is CNC(=O)CNc1ccc(F)cc1I. The first kappa shape index (κ1) is 11.2. The summed E-state index contributed by atoms with van der Waals surface area (Å²) in [6, 6.07) is 4.38. The van der Waals surface area contributed by atoms with Gasteiger partial charge >= 0.3 is 0 Å². The summed E-state index contributed by atoms with van der Waals surface area (Å²) in [5.41, 5.74) is 0.760. The molecule has 0 aliphatic rings. The number of hydrogen-bond acceptors (Lipinski definition) is 2. The van der Waals surface area contributed by atoms with Crippen LogP contribution in [0, 0.1) is 9.39 Å². The second-order valence-electron chi connectivity index (χ2n) is 2.65. The standard InChI is InChI=1S/C9H10FIN2O/c1-12-9(14)5-13-8-3-2-6(10)4-7(8)11/h2-4,13H,5H2,1H3,(H,12,14). The number of halogens is 2. The minimum absolute atomic E-state index is 0.106. The van der Waals surface area contributed by atoms with Crippen molar-refractivity contribution >= 4 is 34.2 Å². The summed E-state index contributed by atoms with van der Waals surface area (Å²) in [6.07, 6.45) is 0. The Balaban J connectivity index is 2.63. The molecule has 0 aliphatic heterocycles. The van der Waals surface area contributed by atoms with E-state index in [0.29, 0.717) is 0 Å². The van der Waals surface area contributed by atoms with Crippen LogP contribution in [-0.4, -0.2) is 19.5 Å². The number of likely N-dealkylation sites (N-methyl/N-ethyl adjacent to an activating group) is 1. The van der Waals surface area contributed by atoms with Crippen molar-refractivity contribution in [3.05, 3.63) is 27.6 Å². The van der Waals surface area contributed by atoms with Gasteiger partial charge in [0, 0.05) is 16.3 Å². The highest BCUT2D eigenvalue weighted by Gasteiger charge is 2.02. The fourth-order valence-corrected chi connectivity index (χ4v) is 1.56. The number of carbonyl (C=O) groups is 1. The quantitative estimate of drug-likeness (QED) is 0.833. The zero-order valence-corrected chi connectivity index (χ0v) is 9.76. The van der Waals surface area contributed by atoms with Crippen molar-refractivity contribution in [1.29, 1.82) is 0 Å². The summed E-state index contributed by atoms with van der Waals surface area (Å²) in [5.74, 6) is -0.384. The fraction of sp³-hybridized carbons (Fsp3) is 0.222. The lowest BCUT2D eigenvalue weighted by Crippen LogP contribution is -2.26. The van der Waals surface area contributed by atoms with Gasteiger partial charge in [-0.2, -0.15) is 0 Å². The minimum Gasteiger partial charge on any atom is -0.375 e. The Morgan fingerprint density at radius 3 is 2.86 bits per heavy atom. The van der Waals surface area contributed by atoms with E-state index in [2.05, 4.69) is 10.6 Å². The van der Waals surface area contributed by atoms with E-state index in [9.17, 15) is 9.18 Å². The Kier molecular flexibility index (Phi) is 4.12. The third-order valence-corrected chi connectivity index (χ3v) is 2.54. The molecule has 1 aromatic rings. The Hall–Kier alpha value is -0.850. The molecule has 0 aliphatic carbocycles. The molecule has 0 fully saturated rings. The van der Waals surface area contributed by atoms with Gasteiger partial charge in [-0.3, -0.25) is 4.79 Å². The monoisotopic (exact) mass is 308 g/mol. The molecule has 0 spiro atoms. The number of anilines is 1. The van der Waals surface area contributed by atoms with E-state index in [4.69, 9.17) is 0 Å². The van der Waals surface area contributed by atoms with Gasteiger partial charge in [0.15, 0.2) is 0 Å². The van der Waals surface area contributed by atoms with Crippen LogP contribution in [0.4, 0.5) is 10.1 Å². The van der Waals surface area contributed by atoms with E-state index in [0.717, 1.165) is 9.26 Å². The maximum absolute atomic E-state index is 12.7. The molecule has 0 aromatic heterocycles. The molecule has 0 atom stereocenters. The number of benzene rings is 1. The maximum Gasteiger partial charge on any atom is 0.239 e. The molecule has 1 aromatic carbocycles. The van der Waals surface area contributed by atoms with Crippen LogP contribution < -0.4 is 10.6 Å². The fourth-order valence-electron chi connectivity index (χ4n) is 0.897. The van der Waals surface area contributed by atoms with Gasteiger partial charge in [-0.15, -0.1) is 0 Å². The van der Waals surface area contributed by atoms with Crippen molar-refractivity contribution in [2.24, 2.45) is 0 Å². The molecule has 2 N–H and O–H groups in total. The van der Waals surface area contributed by atoms with E-state index >= 15 is 0 Å². The molecule has 76 valence electrons. The van der Waals surface area contributed by atoms with Gasteiger partial charge in [-0.1, -0.05) is 0 Å². The van der Waals surface area contributed by atoms with Gasteiger partial charge in [0.1, 0.15) is 5.82 Å². The van der Waals surface area contributed by atoms with E-state index in [1.807, 2.05) is 22.6 Å². The Morgan fingerprint density at radius 1 is 1.57 bits per heavy atom. The van der Waals surface area contributed by atoms with Crippen LogP contribution in [0.1, 0.15) is 0 Å². The molecule has 0 radical (unpaired) electrons. The van der Waals surface area contributed by atoms with E-state index in [1.165, 1.54) is 12.1 Å². The van der Waals surface area contributed by atoms with Gasteiger partial charge in [-0.25, -0.2) is 4.39 Å². The first-order valence-corrected chi connectivity index (χ1v) is 5.11. The van der Waals surface area contributed by atoms with Crippen LogP contribution in [0.3, 0.4) is 0 Å². The smallest absolute Gasteiger partial charge is 0.239 e. The molecule has 14 heavy (non-hydrogen) atoms. The first-order valence-electron chi connectivity index (χ1n) is 4.03. The number of hydrogen-bond donors (Lipinski definition) is 2. The zero-order valence-electron chi connectivity index (χ0n) is 7.60. The van der Waals surface area contributed by atoms with E-state index in [-0.39, 0.29) is 18.3 Å². The highest BCUT2D eigenvalue weighted by molar-refractivity contribution is 14.1. The normalized spacial score (nSPS) is 9.64. The van der Waals surface area contributed by atoms with Crippen molar-refractivity contribution in [3.63, 3.8) is 0 Å². The number of nitrogens with one attached hydrogen (secondary N) is 2. The summed E-state index contributed by atoms with van der Waals surface area (Å²) in [6.45, 7) is 0.193. The molecular weight excluding hydrogens is 298 g/mol. The van der Waals surface area contributed by atoms with E-state index < -0.39 is 0 Å². The summed E-state index contributed by atoms with van der Waals surface area (Å²) >= 11 is 2.01. The Bertz CT molecular complexity index is 344. The van der Waals surface area contributed by atoms with Crippen LogP contribution >= 0.6 is 22.6 Å². The predicted octanol–water partition coefficient (Wildman–Crippen LogP) is 1.59. The molecule has 0 saturated carbocycles. The average Bonchev–Trinajstić information content (AvgIpc) is 2.16. The minimum atomic E-state index is -0.278. The van der Waals surface area contributed by atoms with E-state index in [1.54, 1.807) is 13.1 Å². The number of rotatable bonds is 3. The van der Waals surface area contributed by atoms with Gasteiger partial charge in [0.2, 0.25) is 5.91 Å². The average molecular weight is 308 g/mol. The van der Waals surface area contributed by atoms with Crippen LogP contribution in [0.5, 0.6) is 0 Å². The molecule has 5 heteroatoms. The third-order valence-electron chi connectivity index (χ3n) is 1.65. The van der Waals surface area contributed by atoms with Crippen LogP contribution in [0.2, 0.25) is 0 Å². The van der Waals surface area contributed by atoms with Gasteiger partial charge in [0.25, 0.3) is 0 Å². The second-order valence-corrected chi connectivity index (χ2v) is 3.81. The Morgan fingerprint density at radius 2 is 2.29 bits per heavy atom. The highest BCUT2D eigenvalue weighted by atomic mass is 127. The summed E-state index contributed by atoms with van der Waals surface area (Å²) in [7, 11) is 1.57. The van der Waals surface area contributed by atoms with Crippen LogP contribution in [0.25, 0.3) is 0 Å². The largest absolute Gasteiger partial charge is 0.375 e. The van der Waals surface area contributed by atoms with Crippen LogP contribution in [-0.2, 0) is 4.79 Å².